The van der Waals surface area contributed by atoms with Crippen molar-refractivity contribution in [2.75, 3.05) is 0 Å². The zero-order valence-electron chi connectivity index (χ0n) is 26.9. The Hall–Kier alpha value is -5.64. The minimum absolute atomic E-state index is 0.757. The van der Waals surface area contributed by atoms with Gasteiger partial charge in [-0.05, 0) is 112 Å². The van der Waals surface area contributed by atoms with Gasteiger partial charge in [-0.25, -0.2) is 9.97 Å². The minimum Gasteiger partial charge on any atom is -0.227 e. The van der Waals surface area contributed by atoms with Gasteiger partial charge in [-0.15, -0.1) is 11.3 Å². The van der Waals surface area contributed by atoms with E-state index in [2.05, 4.69) is 153 Å². The Kier molecular flexibility index (Phi) is 7.97. The van der Waals surface area contributed by atoms with Crippen LogP contribution in [0.15, 0.2) is 152 Å². The minimum atomic E-state index is 0.757. The van der Waals surface area contributed by atoms with Crippen molar-refractivity contribution < 1.29 is 0 Å². The van der Waals surface area contributed by atoms with Gasteiger partial charge in [0.05, 0.1) is 15.9 Å². The molecule has 2 aromatic heterocycles. The second-order valence-electron chi connectivity index (χ2n) is 12.2. The first kappa shape index (κ1) is 29.7. The molecule has 0 saturated carbocycles. The summed E-state index contributed by atoms with van der Waals surface area (Å²) in [5, 5.41) is 0. The summed E-state index contributed by atoms with van der Waals surface area (Å²) in [4.78, 5) is 11.6. The monoisotopic (exact) mass is 634 g/mol. The van der Waals surface area contributed by atoms with Gasteiger partial charge in [-0.2, -0.15) is 0 Å². The molecular weight excluding hydrogens is 601 g/mol. The molecule has 0 amide bonds. The number of rotatable bonds is 7. The molecule has 1 aliphatic carbocycles. The summed E-state index contributed by atoms with van der Waals surface area (Å²) >= 11 is 1.80. The van der Waals surface area contributed by atoms with Crippen molar-refractivity contribution >= 4 is 33.2 Å². The lowest BCUT2D eigenvalue weighted by Gasteiger charge is -2.13. The molecule has 2 nitrogen and oxygen atoms in total. The number of thiophene rings is 1. The molecule has 0 spiro atoms. The third-order valence-corrected chi connectivity index (χ3v) is 10.2. The van der Waals surface area contributed by atoms with Gasteiger partial charge < -0.3 is 0 Å². The van der Waals surface area contributed by atoms with E-state index in [0.717, 1.165) is 51.3 Å². The van der Waals surface area contributed by atoms with Gasteiger partial charge in [0.15, 0.2) is 5.82 Å². The Balaban J connectivity index is 1.24. The zero-order chi connectivity index (χ0) is 32.5. The molecule has 5 aromatic carbocycles. The van der Waals surface area contributed by atoms with Gasteiger partial charge >= 0.3 is 0 Å². The van der Waals surface area contributed by atoms with Crippen LogP contribution in [0.3, 0.4) is 0 Å². The van der Waals surface area contributed by atoms with Crippen LogP contribution in [-0.4, -0.2) is 9.97 Å². The molecule has 0 unspecified atom stereocenters. The lowest BCUT2D eigenvalue weighted by Crippen LogP contribution is -1.98. The van der Waals surface area contributed by atoms with Crippen LogP contribution in [0, 0.1) is 0 Å². The van der Waals surface area contributed by atoms with E-state index in [1.54, 1.807) is 17.4 Å². The Bertz CT molecular complexity index is 2300. The van der Waals surface area contributed by atoms with Gasteiger partial charge in [-0.1, -0.05) is 122 Å². The molecule has 0 aliphatic heterocycles. The summed E-state index contributed by atoms with van der Waals surface area (Å²) in [6, 6.07) is 45.9. The van der Waals surface area contributed by atoms with Crippen LogP contribution in [0.5, 0.6) is 0 Å². The molecule has 0 N–H and O–H groups in total. The fourth-order valence-electron chi connectivity index (χ4n) is 6.57. The van der Waals surface area contributed by atoms with E-state index in [-0.39, 0.29) is 0 Å². The second-order valence-corrected chi connectivity index (χ2v) is 13.3. The van der Waals surface area contributed by atoms with E-state index in [9.17, 15) is 0 Å². The van der Waals surface area contributed by atoms with Gasteiger partial charge in [0.2, 0.25) is 0 Å². The van der Waals surface area contributed by atoms with Crippen LogP contribution in [0.2, 0.25) is 0 Å². The van der Waals surface area contributed by atoms with Crippen LogP contribution in [0.1, 0.15) is 29.6 Å². The molecule has 7 aromatic rings. The summed E-state index contributed by atoms with van der Waals surface area (Å²) in [7, 11) is 0. The first-order valence-corrected chi connectivity index (χ1v) is 17.2. The lowest BCUT2D eigenvalue weighted by molar-refractivity contribution is 0.997. The van der Waals surface area contributed by atoms with E-state index in [0.29, 0.717) is 0 Å². The highest BCUT2D eigenvalue weighted by Gasteiger charge is 2.20. The Morgan fingerprint density at radius 2 is 1.15 bits per heavy atom. The van der Waals surface area contributed by atoms with E-state index < -0.39 is 0 Å². The molecular formula is C45H34N2S. The van der Waals surface area contributed by atoms with Crippen LogP contribution >= 0.6 is 11.3 Å². The highest BCUT2D eigenvalue weighted by atomic mass is 32.1. The average Bonchev–Trinajstić information content (AvgIpc) is 3.54. The molecule has 0 bridgehead atoms. The summed E-state index contributed by atoms with van der Waals surface area (Å²) in [5.74, 6) is 0.757. The van der Waals surface area contributed by atoms with E-state index in [1.165, 1.54) is 49.4 Å². The molecule has 1 aliphatic rings. The zero-order valence-corrected chi connectivity index (χ0v) is 27.7. The molecule has 48 heavy (non-hydrogen) atoms. The number of hydrogen-bond acceptors (Lipinski definition) is 3. The Labute approximate surface area is 286 Å². The normalized spacial score (nSPS) is 12.6. The highest BCUT2D eigenvalue weighted by molar-refractivity contribution is 7.20. The topological polar surface area (TPSA) is 25.8 Å². The summed E-state index contributed by atoms with van der Waals surface area (Å²) in [6.45, 7) is 5.96. The molecule has 2 heterocycles. The fraction of sp³-hybridized carbons (Fsp3) is 0.0667. The van der Waals surface area contributed by atoms with Crippen LogP contribution in [0.25, 0.3) is 77.6 Å². The largest absolute Gasteiger partial charge is 0.227 e. The van der Waals surface area contributed by atoms with Gasteiger partial charge in [-0.3, -0.25) is 0 Å². The first-order chi connectivity index (χ1) is 23.6. The van der Waals surface area contributed by atoms with Crippen molar-refractivity contribution in [2.24, 2.45) is 0 Å². The Morgan fingerprint density at radius 3 is 1.77 bits per heavy atom. The van der Waals surface area contributed by atoms with Crippen molar-refractivity contribution in [3.63, 3.8) is 0 Å². The average molecular weight is 635 g/mol. The van der Waals surface area contributed by atoms with Gasteiger partial charge in [0.25, 0.3) is 0 Å². The molecule has 0 atom stereocenters. The lowest BCUT2D eigenvalue weighted by atomic mass is 9.92. The van der Waals surface area contributed by atoms with Crippen molar-refractivity contribution in [1.29, 1.82) is 0 Å². The maximum absolute atomic E-state index is 5.17. The van der Waals surface area contributed by atoms with E-state index in [4.69, 9.17) is 9.97 Å². The molecule has 0 radical (unpaired) electrons. The third kappa shape index (κ3) is 5.74. The van der Waals surface area contributed by atoms with Crippen LogP contribution in [0.4, 0.5) is 0 Å². The van der Waals surface area contributed by atoms with Crippen LogP contribution < -0.4 is 0 Å². The highest BCUT2D eigenvalue weighted by Crippen LogP contribution is 2.41. The number of hydrogen-bond donors (Lipinski definition) is 0. The number of allylic oxidation sites excluding steroid dienone is 4. The maximum atomic E-state index is 5.17. The van der Waals surface area contributed by atoms with Gasteiger partial charge in [0.1, 0.15) is 0 Å². The van der Waals surface area contributed by atoms with E-state index >= 15 is 0 Å². The molecule has 0 saturated heterocycles. The van der Waals surface area contributed by atoms with Crippen molar-refractivity contribution in [1.82, 2.24) is 9.97 Å². The molecule has 0 fully saturated rings. The predicted octanol–water partition coefficient (Wildman–Crippen LogP) is 12.6. The number of benzene rings is 5. The molecule has 230 valence electrons. The number of nitrogens with zero attached hydrogens (tertiary/aromatic N) is 2. The molecule has 8 rings (SSSR count). The third-order valence-electron chi connectivity index (χ3n) is 9.02. The predicted molar refractivity (Wildman–Crippen MR) is 206 cm³/mol. The smallest absolute Gasteiger partial charge is 0.156 e. The number of aryl methyl sites for hydroxylation is 1. The quantitative estimate of drug-likeness (QED) is 0.163. The summed E-state index contributed by atoms with van der Waals surface area (Å²) in [5.41, 5.74) is 15.0. The second kappa shape index (κ2) is 12.9. The van der Waals surface area contributed by atoms with Crippen molar-refractivity contribution in [3.05, 3.63) is 168 Å². The van der Waals surface area contributed by atoms with E-state index in [1.807, 2.05) is 6.08 Å². The number of aromatic nitrogens is 2. The standard InChI is InChI=1S/C45H34N2S/c1-3-14-30(2)45-46-42(44-43(47-45)40-23-10-11-24-41(40)48-44)36-22-13-20-34(26-36)33-19-12-21-35(25-33)39-28-37(31-15-6-4-7-16-31)27-38(29-39)32-17-8-5-9-18-32/h3-9,11-22,24-29H,1,10,23H2,2H3/b30-14+. The number of fused-ring (bicyclic) bond motifs is 3. The van der Waals surface area contributed by atoms with Crippen molar-refractivity contribution in [2.45, 2.75) is 19.8 Å². The molecule has 3 heteroatoms. The SMILES string of the molecule is C=C/C=C(\C)c1nc(-c2cccc(-c3cccc(-c4cc(-c5ccccc5)cc(-c5ccccc5)c4)c3)c2)c2sc3c(c2n1)CCC=C3. The first-order valence-electron chi connectivity index (χ1n) is 16.4. The summed E-state index contributed by atoms with van der Waals surface area (Å²) < 4.78 is 1.15. The van der Waals surface area contributed by atoms with Crippen LogP contribution in [-0.2, 0) is 6.42 Å². The summed E-state index contributed by atoms with van der Waals surface area (Å²) in [6.07, 6.45) is 10.4. The maximum Gasteiger partial charge on any atom is 0.156 e. The van der Waals surface area contributed by atoms with Gasteiger partial charge in [0, 0.05) is 10.4 Å². The van der Waals surface area contributed by atoms with Crippen molar-refractivity contribution in [3.8, 4) is 55.8 Å². The fourth-order valence-corrected chi connectivity index (χ4v) is 7.80. The Morgan fingerprint density at radius 1 is 0.625 bits per heavy atom.